The molecule has 0 radical (unpaired) electrons. The van der Waals surface area contributed by atoms with Gasteiger partial charge in [-0.1, -0.05) is 190 Å². The molecule has 0 aromatic heterocycles. The van der Waals surface area contributed by atoms with Gasteiger partial charge >= 0.3 is 0 Å². The summed E-state index contributed by atoms with van der Waals surface area (Å²) in [6.45, 7) is 45.9. The van der Waals surface area contributed by atoms with Crippen LogP contribution in [0.4, 0.5) is 45.5 Å². The number of benzene rings is 7. The minimum atomic E-state index is -0.0829. The molecule has 0 bridgehead atoms. The Balaban J connectivity index is 1.28. The zero-order valence-corrected chi connectivity index (χ0v) is 51.6. The Kier molecular flexibility index (Phi) is 11.9. The zero-order valence-electron chi connectivity index (χ0n) is 51.6. The summed E-state index contributed by atoms with van der Waals surface area (Å²) in [4.78, 5) is 8.07. The topological polar surface area (TPSA) is 9.72 Å². The van der Waals surface area contributed by atoms with Crippen LogP contribution >= 0.6 is 0 Å². The van der Waals surface area contributed by atoms with Gasteiger partial charge < -0.3 is 14.7 Å². The van der Waals surface area contributed by atoms with Gasteiger partial charge in [0.15, 0.2) is 0 Å². The zero-order chi connectivity index (χ0) is 56.5. The van der Waals surface area contributed by atoms with Crippen molar-refractivity contribution in [2.75, 3.05) is 14.7 Å². The molecular formula is C75H88BN3. The average Bonchev–Trinajstić information content (AvgIpc) is 3.69. The molecule has 2 aliphatic heterocycles. The van der Waals surface area contributed by atoms with Gasteiger partial charge in [-0.25, -0.2) is 0 Å². The molecule has 0 saturated carbocycles. The van der Waals surface area contributed by atoms with Gasteiger partial charge in [-0.2, -0.15) is 0 Å². The number of anilines is 8. The van der Waals surface area contributed by atoms with Crippen LogP contribution in [0.1, 0.15) is 205 Å². The van der Waals surface area contributed by atoms with Crippen LogP contribution < -0.4 is 25.6 Å². The first-order chi connectivity index (χ1) is 36.9. The van der Waals surface area contributed by atoms with Gasteiger partial charge in [0, 0.05) is 51.1 Å². The molecule has 0 amide bonds. The van der Waals surface area contributed by atoms with Crippen molar-refractivity contribution < 1.29 is 0 Å². The van der Waals surface area contributed by atoms with Crippen LogP contribution in [0.15, 0.2) is 133 Å². The molecule has 3 nitrogen and oxygen atoms in total. The van der Waals surface area contributed by atoms with E-state index in [1.54, 1.807) is 0 Å². The third kappa shape index (κ3) is 8.57. The third-order valence-corrected chi connectivity index (χ3v) is 19.9. The Bertz CT molecular complexity index is 3610. The Labute approximate surface area is 476 Å². The molecule has 7 aromatic carbocycles. The van der Waals surface area contributed by atoms with E-state index in [9.17, 15) is 0 Å². The summed E-state index contributed by atoms with van der Waals surface area (Å²) in [5, 5.41) is 0. The molecule has 0 saturated heterocycles. The third-order valence-electron chi connectivity index (χ3n) is 19.9. The predicted octanol–water partition coefficient (Wildman–Crippen LogP) is 19.4. The molecule has 0 fully saturated rings. The maximum Gasteiger partial charge on any atom is 0.247 e. The number of allylic oxidation sites excluding steroid dienone is 1. The monoisotopic (exact) mass is 1040 g/mol. The molecule has 0 unspecified atom stereocenters. The first-order valence-electron chi connectivity index (χ1n) is 29.9. The van der Waals surface area contributed by atoms with Crippen molar-refractivity contribution in [3.05, 3.63) is 194 Å². The van der Waals surface area contributed by atoms with Crippen molar-refractivity contribution in [2.45, 2.75) is 202 Å². The lowest BCUT2D eigenvalue weighted by Gasteiger charge is -2.48. The second kappa shape index (κ2) is 17.6. The Morgan fingerprint density at radius 2 is 0.899 bits per heavy atom. The maximum atomic E-state index is 2.75. The molecular weight excluding hydrogens is 954 g/mol. The van der Waals surface area contributed by atoms with Crippen LogP contribution in [-0.2, 0) is 44.3 Å². The molecule has 0 spiro atoms. The van der Waals surface area contributed by atoms with Crippen LogP contribution in [0.3, 0.4) is 0 Å². The van der Waals surface area contributed by atoms with Gasteiger partial charge in [-0.3, -0.25) is 0 Å². The summed E-state index contributed by atoms with van der Waals surface area (Å²) in [6, 6.07) is 51.3. The molecule has 0 atom stereocenters. The van der Waals surface area contributed by atoms with E-state index in [-0.39, 0.29) is 44.6 Å². The van der Waals surface area contributed by atoms with Gasteiger partial charge in [0.2, 0.25) is 6.71 Å². The van der Waals surface area contributed by atoms with Gasteiger partial charge in [0.1, 0.15) is 0 Å². The Morgan fingerprint density at radius 1 is 0.443 bits per heavy atom. The minimum Gasteiger partial charge on any atom is -0.311 e. The Morgan fingerprint density at radius 3 is 1.39 bits per heavy atom. The molecule has 7 aromatic rings. The predicted molar refractivity (Wildman–Crippen MR) is 343 cm³/mol. The summed E-state index contributed by atoms with van der Waals surface area (Å²) in [6.07, 6.45) is 5.59. The lowest BCUT2D eigenvalue weighted by atomic mass is 9.32. The van der Waals surface area contributed by atoms with Crippen molar-refractivity contribution in [1.82, 2.24) is 0 Å². The van der Waals surface area contributed by atoms with Gasteiger partial charge in [0.25, 0.3) is 0 Å². The number of rotatable bonds is 5. The van der Waals surface area contributed by atoms with Crippen LogP contribution in [0, 0.1) is 13.8 Å². The Hall–Kier alpha value is -6.26. The van der Waals surface area contributed by atoms with Crippen molar-refractivity contribution in [2.24, 2.45) is 0 Å². The SMILES string of the molecule is Cc1ccccc1N(c1cc2c3c(c1)N(c1cc(C(C)(C)C)cc(C(C)(C)C)c1)c1cc4c(cc1B3C1=C(c3cc5c(cc3C1)C(C)(C)CCC5(C)C)N2c1ccc(C(C)(C)C)cc1)C(C)(C)CCC4(C)C)c1ccccc1C. The molecule has 4 heteroatoms. The normalized spacial score (nSPS) is 18.3. The first kappa shape index (κ1) is 53.4. The summed E-state index contributed by atoms with van der Waals surface area (Å²) in [5.74, 6) is 0. The number of hydrogen-bond donors (Lipinski definition) is 0. The standard InChI is InChI=1S/C75H88BN3/c1-46-24-20-22-26-62(46)77(63-27-23-21-25-47(63)2)54-41-65-67-66(42-54)79(52-30-28-49(29-31-52)69(3,4)5)68-55-43-57-56(72(12,13)32-33-73(57,14)15)36-48(55)37-61(68)76(67)60-44-58-59(75(18,19)35-34-74(58,16)17)45-64(60)78(65)53-39-50(70(6,7)8)38-51(40-53)71(9,10)11/h20-31,36,38-45H,32-35,37H2,1-19H3. The van der Waals surface area contributed by atoms with E-state index >= 15 is 0 Å². The molecule has 2 heterocycles. The smallest absolute Gasteiger partial charge is 0.247 e. The number of nitrogens with zero attached hydrogens (tertiary/aromatic N) is 3. The largest absolute Gasteiger partial charge is 0.311 e. The van der Waals surface area contributed by atoms with E-state index in [1.165, 1.54) is 136 Å². The van der Waals surface area contributed by atoms with E-state index in [2.05, 4.69) is 274 Å². The highest BCUT2D eigenvalue weighted by Crippen LogP contribution is 2.57. The van der Waals surface area contributed by atoms with E-state index < -0.39 is 0 Å². The highest BCUT2D eigenvalue weighted by Gasteiger charge is 2.51. The maximum absolute atomic E-state index is 2.75. The fraction of sp³-hybridized carbons (Fsp3) is 0.413. The van der Waals surface area contributed by atoms with Gasteiger partial charge in [0.05, 0.1) is 5.69 Å². The van der Waals surface area contributed by atoms with E-state index in [0.717, 1.165) is 24.9 Å². The highest BCUT2D eigenvalue weighted by atomic mass is 15.2. The molecule has 79 heavy (non-hydrogen) atoms. The van der Waals surface area contributed by atoms with E-state index in [4.69, 9.17) is 0 Å². The van der Waals surface area contributed by atoms with Crippen molar-refractivity contribution >= 4 is 68.8 Å². The van der Waals surface area contributed by atoms with Gasteiger partial charge in [-0.15, -0.1) is 0 Å². The number of aryl methyl sites for hydroxylation is 2. The average molecular weight is 1040 g/mol. The molecule has 0 N–H and O–H groups in total. The van der Waals surface area contributed by atoms with Crippen LogP contribution in [0.25, 0.3) is 5.70 Å². The van der Waals surface area contributed by atoms with Crippen LogP contribution in [-0.4, -0.2) is 6.71 Å². The van der Waals surface area contributed by atoms with Crippen molar-refractivity contribution in [1.29, 1.82) is 0 Å². The quantitative estimate of drug-likeness (QED) is 0.159. The first-order valence-corrected chi connectivity index (χ1v) is 29.9. The van der Waals surface area contributed by atoms with Crippen LogP contribution in [0.5, 0.6) is 0 Å². The molecule has 406 valence electrons. The number of para-hydroxylation sites is 2. The minimum absolute atomic E-state index is 0.00439. The van der Waals surface area contributed by atoms with E-state index in [0.29, 0.717) is 0 Å². The summed E-state index contributed by atoms with van der Waals surface area (Å²) >= 11 is 0. The summed E-state index contributed by atoms with van der Waals surface area (Å²) < 4.78 is 0. The second-order valence-electron chi connectivity index (χ2n) is 30.6. The fourth-order valence-corrected chi connectivity index (χ4v) is 14.5. The molecule has 5 aliphatic rings. The fourth-order valence-electron chi connectivity index (χ4n) is 14.5. The summed E-state index contributed by atoms with van der Waals surface area (Å²) in [5.41, 5.74) is 31.0. The molecule has 12 rings (SSSR count). The number of hydrogen-bond acceptors (Lipinski definition) is 3. The van der Waals surface area contributed by atoms with Gasteiger partial charge in [-0.05, 0) is 211 Å². The lowest BCUT2D eigenvalue weighted by Crippen LogP contribution is -2.56. The lowest BCUT2D eigenvalue weighted by molar-refractivity contribution is 0.331. The number of fused-ring (bicyclic) bond motifs is 7. The summed E-state index contributed by atoms with van der Waals surface area (Å²) in [7, 11) is 0. The highest BCUT2D eigenvalue weighted by molar-refractivity contribution is 6.96. The van der Waals surface area contributed by atoms with Crippen molar-refractivity contribution in [3.63, 3.8) is 0 Å². The molecule has 3 aliphatic carbocycles. The van der Waals surface area contributed by atoms with Crippen LogP contribution in [0.2, 0.25) is 0 Å². The van der Waals surface area contributed by atoms with E-state index in [1.807, 2.05) is 0 Å². The second-order valence-corrected chi connectivity index (χ2v) is 30.6. The van der Waals surface area contributed by atoms with Crippen molar-refractivity contribution in [3.8, 4) is 0 Å².